The van der Waals surface area contributed by atoms with Crippen molar-refractivity contribution < 1.29 is 4.39 Å². The molecular formula is C15H14BrCl2FN2. The fraction of sp³-hybridized carbons (Fsp3) is 0.333. The molecule has 1 aromatic carbocycles. The summed E-state index contributed by atoms with van der Waals surface area (Å²) >= 11 is 15.3. The summed E-state index contributed by atoms with van der Waals surface area (Å²) < 4.78 is 14.9. The predicted molar refractivity (Wildman–Crippen MR) is 88.6 cm³/mol. The molecule has 0 unspecified atom stereocenters. The van der Waals surface area contributed by atoms with Crippen LogP contribution in [0.5, 0.6) is 0 Å². The SMILES string of the molecule is Cc1c(Cl)nc(C(C)(C)C)nc1-c1ccc(Br)c(Cl)c1F. The minimum atomic E-state index is -0.524. The van der Waals surface area contributed by atoms with Gasteiger partial charge in [-0.25, -0.2) is 14.4 Å². The van der Waals surface area contributed by atoms with E-state index in [9.17, 15) is 4.39 Å². The van der Waals surface area contributed by atoms with Crippen LogP contribution in [0.15, 0.2) is 16.6 Å². The van der Waals surface area contributed by atoms with Crippen molar-refractivity contribution in [3.8, 4) is 11.3 Å². The lowest BCUT2D eigenvalue weighted by Crippen LogP contribution is -2.17. The average Bonchev–Trinajstić information content (AvgIpc) is 2.39. The standard InChI is InChI=1S/C15H14BrCl2FN2/c1-7-12(8-5-6-9(16)10(17)11(8)19)20-14(15(2,3)4)21-13(7)18/h5-6H,1-4H3. The third-order valence-corrected chi connectivity index (χ3v) is 4.67. The first-order valence-electron chi connectivity index (χ1n) is 6.31. The minimum absolute atomic E-state index is 0.0268. The molecule has 21 heavy (non-hydrogen) atoms. The van der Waals surface area contributed by atoms with Gasteiger partial charge in [0.1, 0.15) is 11.0 Å². The highest BCUT2D eigenvalue weighted by Gasteiger charge is 2.23. The van der Waals surface area contributed by atoms with E-state index < -0.39 is 5.82 Å². The van der Waals surface area contributed by atoms with E-state index >= 15 is 0 Å². The van der Waals surface area contributed by atoms with Gasteiger partial charge >= 0.3 is 0 Å². The van der Waals surface area contributed by atoms with Crippen LogP contribution in [0.2, 0.25) is 10.2 Å². The molecule has 112 valence electrons. The summed E-state index contributed by atoms with van der Waals surface area (Å²) in [6.07, 6.45) is 0. The van der Waals surface area contributed by atoms with Gasteiger partial charge in [0.05, 0.1) is 10.7 Å². The summed E-state index contributed by atoms with van der Waals surface area (Å²) in [5.41, 5.74) is 1.12. The number of hydrogen-bond acceptors (Lipinski definition) is 2. The molecular weight excluding hydrogens is 378 g/mol. The molecule has 0 radical (unpaired) electrons. The molecule has 6 heteroatoms. The number of aromatic nitrogens is 2. The summed E-state index contributed by atoms with van der Waals surface area (Å²) in [5.74, 6) is 0.0373. The molecule has 2 rings (SSSR count). The van der Waals surface area contributed by atoms with Gasteiger partial charge in [-0.2, -0.15) is 0 Å². The van der Waals surface area contributed by atoms with Crippen molar-refractivity contribution >= 4 is 39.1 Å². The molecule has 0 aliphatic carbocycles. The van der Waals surface area contributed by atoms with Gasteiger partial charge in [-0.15, -0.1) is 0 Å². The van der Waals surface area contributed by atoms with Gasteiger partial charge in [-0.05, 0) is 35.0 Å². The van der Waals surface area contributed by atoms with Crippen LogP contribution in [0.1, 0.15) is 32.2 Å². The summed E-state index contributed by atoms with van der Waals surface area (Å²) in [6, 6.07) is 3.32. The smallest absolute Gasteiger partial charge is 0.152 e. The second-order valence-electron chi connectivity index (χ2n) is 5.78. The molecule has 0 amide bonds. The van der Waals surface area contributed by atoms with E-state index in [1.807, 2.05) is 20.8 Å². The molecule has 0 saturated heterocycles. The average molecular weight is 392 g/mol. The molecule has 0 aliphatic heterocycles. The highest BCUT2D eigenvalue weighted by Crippen LogP contribution is 2.35. The van der Waals surface area contributed by atoms with Crippen molar-refractivity contribution in [2.24, 2.45) is 0 Å². The number of rotatable bonds is 1. The Labute approximate surface area is 141 Å². The highest BCUT2D eigenvalue weighted by molar-refractivity contribution is 9.10. The molecule has 0 spiro atoms. The van der Waals surface area contributed by atoms with Crippen molar-refractivity contribution in [1.82, 2.24) is 9.97 Å². The normalized spacial score (nSPS) is 11.8. The van der Waals surface area contributed by atoms with Gasteiger partial charge in [0.15, 0.2) is 5.82 Å². The topological polar surface area (TPSA) is 25.8 Å². The van der Waals surface area contributed by atoms with Crippen LogP contribution in [0.4, 0.5) is 4.39 Å². The van der Waals surface area contributed by atoms with Crippen LogP contribution in [0.3, 0.4) is 0 Å². The zero-order valence-electron chi connectivity index (χ0n) is 12.1. The molecule has 0 fully saturated rings. The Morgan fingerprint density at radius 3 is 2.33 bits per heavy atom. The second kappa shape index (κ2) is 5.82. The maximum Gasteiger partial charge on any atom is 0.152 e. The largest absolute Gasteiger partial charge is 0.232 e. The molecule has 2 aromatic rings. The Kier molecular flexibility index (Phi) is 4.62. The van der Waals surface area contributed by atoms with Crippen molar-refractivity contribution in [2.45, 2.75) is 33.1 Å². The molecule has 0 bridgehead atoms. The molecule has 1 heterocycles. The Bertz CT molecular complexity index is 712. The molecule has 0 aliphatic rings. The first kappa shape index (κ1) is 16.7. The Morgan fingerprint density at radius 2 is 1.76 bits per heavy atom. The van der Waals surface area contributed by atoms with Gasteiger partial charge in [0.2, 0.25) is 0 Å². The van der Waals surface area contributed by atoms with Gasteiger partial charge < -0.3 is 0 Å². The summed E-state index contributed by atoms with van der Waals surface area (Å²) in [5, 5.41) is 0.349. The van der Waals surface area contributed by atoms with E-state index in [1.165, 1.54) is 0 Å². The Hall–Kier alpha value is -0.710. The lowest BCUT2D eigenvalue weighted by Gasteiger charge is -2.19. The van der Waals surface area contributed by atoms with Gasteiger partial charge in [-0.3, -0.25) is 0 Å². The van der Waals surface area contributed by atoms with E-state index in [1.54, 1.807) is 19.1 Å². The van der Waals surface area contributed by atoms with E-state index in [0.717, 1.165) is 0 Å². The summed E-state index contributed by atoms with van der Waals surface area (Å²) in [4.78, 5) is 8.79. The molecule has 0 saturated carbocycles. The number of nitrogens with zero attached hydrogens (tertiary/aromatic N) is 2. The number of hydrogen-bond donors (Lipinski definition) is 0. The fourth-order valence-corrected chi connectivity index (χ4v) is 2.44. The monoisotopic (exact) mass is 390 g/mol. The first-order valence-corrected chi connectivity index (χ1v) is 7.86. The third-order valence-electron chi connectivity index (χ3n) is 3.05. The predicted octanol–water partition coefficient (Wildman–Crippen LogP) is 5.96. The minimum Gasteiger partial charge on any atom is -0.232 e. The van der Waals surface area contributed by atoms with Crippen LogP contribution < -0.4 is 0 Å². The van der Waals surface area contributed by atoms with Crippen LogP contribution >= 0.6 is 39.1 Å². The molecule has 0 atom stereocenters. The summed E-state index contributed by atoms with van der Waals surface area (Å²) in [7, 11) is 0. The Balaban J connectivity index is 2.75. The zero-order valence-corrected chi connectivity index (χ0v) is 15.2. The zero-order chi connectivity index (χ0) is 15.9. The maximum absolute atomic E-state index is 14.4. The molecule has 2 nitrogen and oxygen atoms in total. The Morgan fingerprint density at radius 1 is 1.14 bits per heavy atom. The van der Waals surface area contributed by atoms with E-state index in [2.05, 4.69) is 25.9 Å². The number of halogens is 4. The van der Waals surface area contributed by atoms with Crippen molar-refractivity contribution in [3.63, 3.8) is 0 Å². The fourth-order valence-electron chi connectivity index (χ4n) is 1.80. The van der Waals surface area contributed by atoms with Crippen molar-refractivity contribution in [3.05, 3.63) is 44.0 Å². The lowest BCUT2D eigenvalue weighted by molar-refractivity contribution is 0.545. The number of benzene rings is 1. The van der Waals surface area contributed by atoms with Gasteiger partial charge in [-0.1, -0.05) is 44.0 Å². The van der Waals surface area contributed by atoms with E-state index in [0.29, 0.717) is 32.3 Å². The molecule has 1 aromatic heterocycles. The van der Waals surface area contributed by atoms with Crippen LogP contribution in [-0.4, -0.2) is 9.97 Å². The van der Waals surface area contributed by atoms with Crippen LogP contribution in [0.25, 0.3) is 11.3 Å². The maximum atomic E-state index is 14.4. The highest BCUT2D eigenvalue weighted by atomic mass is 79.9. The first-order chi connectivity index (χ1) is 9.62. The van der Waals surface area contributed by atoms with Crippen molar-refractivity contribution in [2.75, 3.05) is 0 Å². The van der Waals surface area contributed by atoms with Crippen LogP contribution in [0, 0.1) is 12.7 Å². The quantitative estimate of drug-likeness (QED) is 0.442. The van der Waals surface area contributed by atoms with Gasteiger partial charge in [0, 0.05) is 21.0 Å². The summed E-state index contributed by atoms with van der Waals surface area (Å²) in [6.45, 7) is 7.69. The van der Waals surface area contributed by atoms with E-state index in [4.69, 9.17) is 23.2 Å². The second-order valence-corrected chi connectivity index (χ2v) is 7.37. The van der Waals surface area contributed by atoms with Gasteiger partial charge in [0.25, 0.3) is 0 Å². The van der Waals surface area contributed by atoms with Crippen LogP contribution in [-0.2, 0) is 5.41 Å². The van der Waals surface area contributed by atoms with Crippen molar-refractivity contribution in [1.29, 1.82) is 0 Å². The van der Waals surface area contributed by atoms with E-state index in [-0.39, 0.29) is 10.4 Å². The third kappa shape index (κ3) is 3.22. The molecule has 0 N–H and O–H groups in total. The lowest BCUT2D eigenvalue weighted by atomic mass is 9.95.